The standard InChI is InChI=1S/C13H14BrClO/c14-11-6-5-9(12(15)8-11)7-10-3-1-2-4-13(10)16/h5-6,8,10H,1-4,7H2. The van der Waals surface area contributed by atoms with Crippen LogP contribution in [0.4, 0.5) is 0 Å². The Balaban J connectivity index is 2.10. The normalized spacial score (nSPS) is 21.1. The lowest BCUT2D eigenvalue weighted by molar-refractivity contribution is -0.124. The second kappa shape index (κ2) is 5.33. The second-order valence-corrected chi connectivity index (χ2v) is 5.67. The zero-order valence-electron chi connectivity index (χ0n) is 9.01. The number of hydrogen-bond donors (Lipinski definition) is 0. The topological polar surface area (TPSA) is 17.1 Å². The first-order chi connectivity index (χ1) is 7.66. The van der Waals surface area contributed by atoms with Crippen LogP contribution in [0.2, 0.25) is 5.02 Å². The first kappa shape index (κ1) is 12.1. The number of rotatable bonds is 2. The quantitative estimate of drug-likeness (QED) is 0.791. The van der Waals surface area contributed by atoms with Crippen molar-refractivity contribution in [2.24, 2.45) is 5.92 Å². The van der Waals surface area contributed by atoms with E-state index in [-0.39, 0.29) is 5.92 Å². The lowest BCUT2D eigenvalue weighted by Crippen LogP contribution is -2.21. The molecule has 86 valence electrons. The Kier molecular flexibility index (Phi) is 4.04. The zero-order valence-corrected chi connectivity index (χ0v) is 11.4. The molecule has 3 heteroatoms. The summed E-state index contributed by atoms with van der Waals surface area (Å²) in [5.41, 5.74) is 1.09. The van der Waals surface area contributed by atoms with Gasteiger partial charge in [-0.1, -0.05) is 40.0 Å². The Morgan fingerprint density at radius 1 is 1.38 bits per heavy atom. The van der Waals surface area contributed by atoms with Gasteiger partial charge in [-0.25, -0.2) is 0 Å². The summed E-state index contributed by atoms with van der Waals surface area (Å²) in [7, 11) is 0. The van der Waals surface area contributed by atoms with Gasteiger partial charge in [0.2, 0.25) is 0 Å². The highest BCUT2D eigenvalue weighted by Crippen LogP contribution is 2.28. The summed E-state index contributed by atoms with van der Waals surface area (Å²) < 4.78 is 0.983. The van der Waals surface area contributed by atoms with E-state index in [9.17, 15) is 4.79 Å². The van der Waals surface area contributed by atoms with Crippen LogP contribution in [0.3, 0.4) is 0 Å². The van der Waals surface area contributed by atoms with Crippen molar-refractivity contribution in [2.75, 3.05) is 0 Å². The van der Waals surface area contributed by atoms with Crippen LogP contribution in [-0.2, 0) is 11.2 Å². The van der Waals surface area contributed by atoms with Crippen LogP contribution in [0.15, 0.2) is 22.7 Å². The van der Waals surface area contributed by atoms with Crippen LogP contribution in [0, 0.1) is 5.92 Å². The van der Waals surface area contributed by atoms with Crippen molar-refractivity contribution < 1.29 is 4.79 Å². The summed E-state index contributed by atoms with van der Waals surface area (Å²) in [5, 5.41) is 0.757. The van der Waals surface area contributed by atoms with Gasteiger partial charge in [-0.05, 0) is 37.0 Å². The van der Waals surface area contributed by atoms with Gasteiger partial charge >= 0.3 is 0 Å². The Bertz CT molecular complexity index is 403. The monoisotopic (exact) mass is 300 g/mol. The van der Waals surface area contributed by atoms with Crippen molar-refractivity contribution in [1.82, 2.24) is 0 Å². The Labute approximate surface area is 109 Å². The lowest BCUT2D eigenvalue weighted by Gasteiger charge is -2.20. The van der Waals surface area contributed by atoms with Gasteiger partial charge < -0.3 is 0 Å². The average molecular weight is 302 g/mol. The molecule has 1 fully saturated rings. The van der Waals surface area contributed by atoms with Crippen molar-refractivity contribution in [1.29, 1.82) is 0 Å². The van der Waals surface area contributed by atoms with Gasteiger partial charge in [-0.3, -0.25) is 4.79 Å². The van der Waals surface area contributed by atoms with E-state index in [1.807, 2.05) is 18.2 Å². The molecule has 1 unspecified atom stereocenters. The minimum atomic E-state index is 0.187. The molecule has 1 aliphatic carbocycles. The summed E-state index contributed by atoms with van der Waals surface area (Å²) in [4.78, 5) is 11.7. The van der Waals surface area contributed by atoms with Crippen LogP contribution in [0.5, 0.6) is 0 Å². The van der Waals surface area contributed by atoms with Crippen LogP contribution in [0.1, 0.15) is 31.2 Å². The van der Waals surface area contributed by atoms with E-state index in [0.29, 0.717) is 5.78 Å². The molecule has 1 atom stereocenters. The predicted molar refractivity (Wildman–Crippen MR) is 69.8 cm³/mol. The highest BCUT2D eigenvalue weighted by molar-refractivity contribution is 9.10. The summed E-state index contributed by atoms with van der Waals surface area (Å²) in [5.74, 6) is 0.595. The highest BCUT2D eigenvalue weighted by atomic mass is 79.9. The first-order valence-corrected chi connectivity index (χ1v) is 6.80. The molecule has 0 radical (unpaired) electrons. The van der Waals surface area contributed by atoms with Crippen molar-refractivity contribution in [2.45, 2.75) is 32.1 Å². The van der Waals surface area contributed by atoms with Crippen molar-refractivity contribution in [3.63, 3.8) is 0 Å². The molecule has 0 N–H and O–H groups in total. The third-order valence-corrected chi connectivity index (χ3v) is 4.01. The Morgan fingerprint density at radius 3 is 2.88 bits per heavy atom. The highest BCUT2D eigenvalue weighted by Gasteiger charge is 2.22. The van der Waals surface area contributed by atoms with Gasteiger partial charge in [-0.15, -0.1) is 0 Å². The van der Waals surface area contributed by atoms with Gasteiger partial charge in [0.1, 0.15) is 5.78 Å². The molecule has 1 aromatic rings. The number of Topliss-reactive ketones (excluding diaryl/α,β-unsaturated/α-hetero) is 1. The average Bonchev–Trinajstić information content (AvgIpc) is 2.25. The molecule has 16 heavy (non-hydrogen) atoms. The van der Waals surface area contributed by atoms with Gasteiger partial charge in [-0.2, -0.15) is 0 Å². The Morgan fingerprint density at radius 2 is 2.19 bits per heavy atom. The maximum Gasteiger partial charge on any atom is 0.136 e. The van der Waals surface area contributed by atoms with E-state index in [1.165, 1.54) is 6.42 Å². The fraction of sp³-hybridized carbons (Fsp3) is 0.462. The molecule has 1 aromatic carbocycles. The van der Waals surface area contributed by atoms with Gasteiger partial charge in [0.05, 0.1) is 0 Å². The SMILES string of the molecule is O=C1CCCCC1Cc1ccc(Br)cc1Cl. The predicted octanol–water partition coefficient (Wildman–Crippen LogP) is 4.40. The zero-order chi connectivity index (χ0) is 11.5. The second-order valence-electron chi connectivity index (χ2n) is 4.35. The first-order valence-electron chi connectivity index (χ1n) is 5.63. The molecular weight excluding hydrogens is 287 g/mol. The van der Waals surface area contributed by atoms with Crippen LogP contribution in [0.25, 0.3) is 0 Å². The molecule has 2 rings (SSSR count). The molecular formula is C13H14BrClO. The van der Waals surface area contributed by atoms with E-state index >= 15 is 0 Å². The lowest BCUT2D eigenvalue weighted by atomic mass is 9.84. The van der Waals surface area contributed by atoms with E-state index in [4.69, 9.17) is 11.6 Å². The number of benzene rings is 1. The maximum absolute atomic E-state index is 11.7. The minimum Gasteiger partial charge on any atom is -0.299 e. The van der Waals surface area contributed by atoms with Gasteiger partial charge in [0.25, 0.3) is 0 Å². The molecule has 0 heterocycles. The van der Waals surface area contributed by atoms with Gasteiger partial charge in [0.15, 0.2) is 0 Å². The number of hydrogen-bond acceptors (Lipinski definition) is 1. The largest absolute Gasteiger partial charge is 0.299 e. The summed E-state index contributed by atoms with van der Waals surface area (Å²) in [6.07, 6.45) is 4.79. The summed E-state index contributed by atoms with van der Waals surface area (Å²) in [6.45, 7) is 0. The maximum atomic E-state index is 11.7. The fourth-order valence-corrected chi connectivity index (χ4v) is 2.97. The smallest absolute Gasteiger partial charge is 0.136 e. The minimum absolute atomic E-state index is 0.187. The molecule has 0 saturated heterocycles. The summed E-state index contributed by atoms with van der Waals surface area (Å²) in [6, 6.07) is 5.88. The van der Waals surface area contributed by atoms with Crippen molar-refractivity contribution in [3.05, 3.63) is 33.3 Å². The Hall–Kier alpha value is -0.340. The van der Waals surface area contributed by atoms with Crippen molar-refractivity contribution in [3.8, 4) is 0 Å². The summed E-state index contributed by atoms with van der Waals surface area (Å²) >= 11 is 9.54. The molecule has 1 saturated carbocycles. The molecule has 0 amide bonds. The van der Waals surface area contributed by atoms with Crippen molar-refractivity contribution >= 4 is 33.3 Å². The molecule has 1 aliphatic rings. The molecule has 0 spiro atoms. The number of ketones is 1. The number of carbonyl (C=O) groups excluding carboxylic acids is 1. The third kappa shape index (κ3) is 2.86. The van der Waals surface area contributed by atoms with E-state index in [0.717, 1.165) is 40.7 Å². The molecule has 1 nitrogen and oxygen atoms in total. The third-order valence-electron chi connectivity index (χ3n) is 3.16. The molecule has 0 aromatic heterocycles. The van der Waals surface area contributed by atoms with Crippen LogP contribution >= 0.6 is 27.5 Å². The van der Waals surface area contributed by atoms with Crippen LogP contribution < -0.4 is 0 Å². The van der Waals surface area contributed by atoms with E-state index < -0.39 is 0 Å². The number of halogens is 2. The van der Waals surface area contributed by atoms with E-state index in [1.54, 1.807) is 0 Å². The van der Waals surface area contributed by atoms with Gasteiger partial charge in [0, 0.05) is 21.8 Å². The van der Waals surface area contributed by atoms with E-state index in [2.05, 4.69) is 15.9 Å². The van der Waals surface area contributed by atoms with Crippen LogP contribution in [-0.4, -0.2) is 5.78 Å². The molecule has 0 bridgehead atoms. The fourth-order valence-electron chi connectivity index (χ4n) is 2.22. The number of carbonyl (C=O) groups is 1. The molecule has 0 aliphatic heterocycles.